The SMILES string of the molecule is NCCN(CC(F)F)C(=O)c1ccc(O)cc1O. The molecule has 0 radical (unpaired) electrons. The number of nitrogens with zero attached hydrogens (tertiary/aromatic N) is 1. The van der Waals surface area contributed by atoms with E-state index in [9.17, 15) is 18.7 Å². The van der Waals surface area contributed by atoms with Crippen molar-refractivity contribution >= 4 is 5.91 Å². The van der Waals surface area contributed by atoms with Crippen molar-refractivity contribution in [2.24, 2.45) is 5.73 Å². The zero-order chi connectivity index (χ0) is 13.7. The van der Waals surface area contributed by atoms with Crippen LogP contribution in [0.5, 0.6) is 11.5 Å². The summed E-state index contributed by atoms with van der Waals surface area (Å²) < 4.78 is 24.6. The summed E-state index contributed by atoms with van der Waals surface area (Å²) in [5.74, 6) is -1.43. The van der Waals surface area contributed by atoms with Crippen LogP contribution < -0.4 is 5.73 Å². The van der Waals surface area contributed by atoms with Gasteiger partial charge in [0.1, 0.15) is 11.5 Å². The molecule has 0 bridgehead atoms. The van der Waals surface area contributed by atoms with E-state index in [1.54, 1.807) is 0 Å². The van der Waals surface area contributed by atoms with Crippen molar-refractivity contribution in [3.05, 3.63) is 23.8 Å². The van der Waals surface area contributed by atoms with Crippen LogP contribution >= 0.6 is 0 Å². The third kappa shape index (κ3) is 3.56. The first-order chi connectivity index (χ1) is 8.45. The van der Waals surface area contributed by atoms with E-state index in [1.807, 2.05) is 0 Å². The Balaban J connectivity index is 2.94. The maximum absolute atomic E-state index is 12.3. The molecule has 0 aliphatic rings. The normalized spacial score (nSPS) is 10.7. The molecular weight excluding hydrogens is 246 g/mol. The Kier molecular flexibility index (Phi) is 4.85. The average molecular weight is 260 g/mol. The fraction of sp³-hybridized carbons (Fsp3) is 0.364. The van der Waals surface area contributed by atoms with Crippen LogP contribution in [0, 0.1) is 0 Å². The Morgan fingerprint density at radius 3 is 2.56 bits per heavy atom. The molecule has 0 heterocycles. The first-order valence-electron chi connectivity index (χ1n) is 5.25. The van der Waals surface area contributed by atoms with E-state index in [4.69, 9.17) is 10.8 Å². The van der Waals surface area contributed by atoms with Crippen LogP contribution in [-0.2, 0) is 0 Å². The van der Waals surface area contributed by atoms with Gasteiger partial charge < -0.3 is 20.8 Å². The van der Waals surface area contributed by atoms with Gasteiger partial charge in [-0.05, 0) is 12.1 Å². The minimum atomic E-state index is -2.68. The molecule has 1 amide bonds. The fourth-order valence-electron chi connectivity index (χ4n) is 1.47. The molecule has 1 rings (SSSR count). The van der Waals surface area contributed by atoms with Gasteiger partial charge in [-0.15, -0.1) is 0 Å². The largest absolute Gasteiger partial charge is 0.508 e. The third-order valence-electron chi connectivity index (χ3n) is 2.26. The number of carbonyl (C=O) groups excluding carboxylic acids is 1. The van der Waals surface area contributed by atoms with Gasteiger partial charge in [0.15, 0.2) is 0 Å². The lowest BCUT2D eigenvalue weighted by atomic mass is 10.1. The van der Waals surface area contributed by atoms with Crippen molar-refractivity contribution in [3.8, 4) is 11.5 Å². The predicted octanol–water partition coefficient (Wildman–Crippen LogP) is 0.764. The number of rotatable bonds is 5. The molecule has 0 spiro atoms. The number of amides is 1. The number of phenolic OH excluding ortho intramolecular Hbond substituents is 2. The van der Waals surface area contributed by atoms with Gasteiger partial charge in [-0.3, -0.25) is 4.79 Å². The highest BCUT2D eigenvalue weighted by atomic mass is 19.3. The van der Waals surface area contributed by atoms with Crippen molar-refractivity contribution in [1.82, 2.24) is 4.90 Å². The molecular formula is C11H14F2N2O3. The number of carbonyl (C=O) groups is 1. The standard InChI is InChI=1S/C11H14F2N2O3/c12-10(13)6-15(4-3-14)11(18)8-2-1-7(16)5-9(8)17/h1-2,5,10,16-17H,3-4,6,14H2. The maximum atomic E-state index is 12.3. The summed E-state index contributed by atoms with van der Waals surface area (Å²) >= 11 is 0. The number of hydrogen-bond acceptors (Lipinski definition) is 4. The molecule has 0 aromatic heterocycles. The Morgan fingerprint density at radius 2 is 2.06 bits per heavy atom. The summed E-state index contributed by atoms with van der Waals surface area (Å²) in [5, 5.41) is 18.6. The summed E-state index contributed by atoms with van der Waals surface area (Å²) in [7, 11) is 0. The minimum Gasteiger partial charge on any atom is -0.508 e. The van der Waals surface area contributed by atoms with E-state index in [2.05, 4.69) is 0 Å². The summed E-state index contributed by atoms with van der Waals surface area (Å²) in [6.45, 7) is -0.753. The molecule has 0 saturated heterocycles. The summed E-state index contributed by atoms with van der Waals surface area (Å²) in [6, 6.07) is 3.33. The molecule has 0 aliphatic carbocycles. The number of nitrogens with two attached hydrogens (primary N) is 1. The van der Waals surface area contributed by atoms with Gasteiger partial charge in [-0.25, -0.2) is 8.78 Å². The fourth-order valence-corrected chi connectivity index (χ4v) is 1.47. The van der Waals surface area contributed by atoms with Crippen molar-refractivity contribution < 1.29 is 23.8 Å². The minimum absolute atomic E-state index is 0.0382. The van der Waals surface area contributed by atoms with E-state index >= 15 is 0 Å². The maximum Gasteiger partial charge on any atom is 0.257 e. The molecule has 1 aromatic carbocycles. The van der Waals surface area contributed by atoms with Crippen LogP contribution in [-0.4, -0.2) is 47.1 Å². The highest BCUT2D eigenvalue weighted by Gasteiger charge is 2.21. The van der Waals surface area contributed by atoms with E-state index in [0.29, 0.717) is 0 Å². The number of alkyl halides is 2. The van der Waals surface area contributed by atoms with E-state index in [-0.39, 0.29) is 24.4 Å². The quantitative estimate of drug-likeness (QED) is 0.729. The molecule has 0 unspecified atom stereocenters. The second kappa shape index (κ2) is 6.15. The summed E-state index contributed by atoms with van der Waals surface area (Å²) in [4.78, 5) is 12.8. The Bertz CT molecular complexity index is 427. The molecule has 0 atom stereocenters. The predicted molar refractivity (Wildman–Crippen MR) is 60.7 cm³/mol. The topological polar surface area (TPSA) is 86.8 Å². The Hall–Kier alpha value is -1.89. The smallest absolute Gasteiger partial charge is 0.257 e. The lowest BCUT2D eigenvalue weighted by Gasteiger charge is -2.22. The van der Waals surface area contributed by atoms with Crippen LogP contribution in [0.25, 0.3) is 0 Å². The lowest BCUT2D eigenvalue weighted by Crippen LogP contribution is -2.38. The van der Waals surface area contributed by atoms with Gasteiger partial charge in [0.05, 0.1) is 12.1 Å². The highest BCUT2D eigenvalue weighted by Crippen LogP contribution is 2.24. The highest BCUT2D eigenvalue weighted by molar-refractivity contribution is 5.97. The van der Waals surface area contributed by atoms with E-state index in [1.165, 1.54) is 12.1 Å². The second-order valence-electron chi connectivity index (χ2n) is 3.63. The zero-order valence-corrected chi connectivity index (χ0v) is 9.51. The van der Waals surface area contributed by atoms with Gasteiger partial charge in [-0.2, -0.15) is 0 Å². The molecule has 0 aliphatic heterocycles. The number of phenols is 2. The van der Waals surface area contributed by atoms with Crippen molar-refractivity contribution in [1.29, 1.82) is 0 Å². The molecule has 7 heteroatoms. The summed E-state index contributed by atoms with van der Waals surface area (Å²) in [5.41, 5.74) is 5.09. The number of aromatic hydroxyl groups is 2. The first kappa shape index (κ1) is 14.2. The second-order valence-corrected chi connectivity index (χ2v) is 3.63. The van der Waals surface area contributed by atoms with Crippen LogP contribution in [0.2, 0.25) is 0 Å². The first-order valence-corrected chi connectivity index (χ1v) is 5.25. The van der Waals surface area contributed by atoms with Gasteiger partial charge in [0, 0.05) is 19.2 Å². The van der Waals surface area contributed by atoms with Crippen molar-refractivity contribution in [3.63, 3.8) is 0 Å². The molecule has 18 heavy (non-hydrogen) atoms. The number of halogens is 2. The van der Waals surface area contributed by atoms with Crippen LogP contribution in [0.3, 0.4) is 0 Å². The lowest BCUT2D eigenvalue weighted by molar-refractivity contribution is 0.0560. The number of hydrogen-bond donors (Lipinski definition) is 3. The van der Waals surface area contributed by atoms with Gasteiger partial charge >= 0.3 is 0 Å². The Labute approximate surface area is 102 Å². The van der Waals surface area contributed by atoms with Gasteiger partial charge in [0.25, 0.3) is 12.3 Å². The van der Waals surface area contributed by atoms with Crippen molar-refractivity contribution in [2.75, 3.05) is 19.6 Å². The molecule has 0 saturated carbocycles. The zero-order valence-electron chi connectivity index (χ0n) is 9.51. The van der Waals surface area contributed by atoms with Crippen LogP contribution in [0.15, 0.2) is 18.2 Å². The summed E-state index contributed by atoms with van der Waals surface area (Å²) in [6.07, 6.45) is -2.68. The van der Waals surface area contributed by atoms with Gasteiger partial charge in [-0.1, -0.05) is 0 Å². The monoisotopic (exact) mass is 260 g/mol. The van der Waals surface area contributed by atoms with Crippen LogP contribution in [0.4, 0.5) is 8.78 Å². The van der Waals surface area contributed by atoms with Gasteiger partial charge in [0.2, 0.25) is 0 Å². The molecule has 5 nitrogen and oxygen atoms in total. The Morgan fingerprint density at radius 1 is 1.39 bits per heavy atom. The average Bonchev–Trinajstić information content (AvgIpc) is 2.27. The third-order valence-corrected chi connectivity index (χ3v) is 2.26. The molecule has 100 valence electrons. The molecule has 0 fully saturated rings. The van der Waals surface area contributed by atoms with E-state index < -0.39 is 24.6 Å². The number of benzene rings is 1. The van der Waals surface area contributed by atoms with Crippen molar-refractivity contribution in [2.45, 2.75) is 6.43 Å². The molecule has 1 aromatic rings. The molecule has 4 N–H and O–H groups in total. The van der Waals surface area contributed by atoms with Crippen LogP contribution in [0.1, 0.15) is 10.4 Å². The van der Waals surface area contributed by atoms with E-state index in [0.717, 1.165) is 11.0 Å².